The minimum Gasteiger partial charge on any atom is -0.444 e. The molecule has 0 saturated carbocycles. The van der Waals surface area contributed by atoms with Crippen LogP contribution in [0.4, 0.5) is 4.79 Å². The van der Waals surface area contributed by atoms with Gasteiger partial charge in [-0.1, -0.05) is 32.4 Å². The fourth-order valence-corrected chi connectivity index (χ4v) is 3.21. The molecule has 0 radical (unpaired) electrons. The molecule has 9 nitrogen and oxygen atoms in total. The van der Waals surface area contributed by atoms with Gasteiger partial charge in [0, 0.05) is 38.3 Å². The summed E-state index contributed by atoms with van der Waals surface area (Å²) in [5, 5.41) is 17.7. The van der Waals surface area contributed by atoms with Crippen molar-refractivity contribution < 1.29 is 19.4 Å². The largest absolute Gasteiger partial charge is 0.444 e. The fraction of sp³-hybridized carbons (Fsp3) is 0.800. The summed E-state index contributed by atoms with van der Waals surface area (Å²) in [7, 11) is 0. The summed E-state index contributed by atoms with van der Waals surface area (Å²) in [4.78, 5) is 29.0. The fourth-order valence-electron chi connectivity index (χ4n) is 3.21. The van der Waals surface area contributed by atoms with Gasteiger partial charge in [0.25, 0.3) is 0 Å². The quantitative estimate of drug-likeness (QED) is 0.772. The molecular weight excluding hydrogens is 374 g/mol. The van der Waals surface area contributed by atoms with Gasteiger partial charge < -0.3 is 19.6 Å². The Kier molecular flexibility index (Phi) is 7.62. The van der Waals surface area contributed by atoms with Gasteiger partial charge in [0.05, 0.1) is 12.3 Å². The lowest BCUT2D eigenvalue weighted by Crippen LogP contribution is -2.53. The third-order valence-electron chi connectivity index (χ3n) is 5.27. The summed E-state index contributed by atoms with van der Waals surface area (Å²) in [6.45, 7) is 13.2. The summed E-state index contributed by atoms with van der Waals surface area (Å²) in [6, 6.07) is -0.458. The molecule has 1 N–H and O–H groups in total. The Morgan fingerprint density at radius 1 is 1.17 bits per heavy atom. The van der Waals surface area contributed by atoms with Crippen molar-refractivity contribution in [1.82, 2.24) is 24.8 Å². The van der Waals surface area contributed by atoms with Gasteiger partial charge in [-0.3, -0.25) is 4.79 Å². The van der Waals surface area contributed by atoms with Crippen molar-refractivity contribution in [3.05, 3.63) is 11.9 Å². The van der Waals surface area contributed by atoms with Crippen LogP contribution in [0.25, 0.3) is 0 Å². The van der Waals surface area contributed by atoms with Gasteiger partial charge in [-0.05, 0) is 26.7 Å². The normalized spacial score (nSPS) is 18.3. The van der Waals surface area contributed by atoms with Gasteiger partial charge in [0.2, 0.25) is 5.91 Å². The number of carbonyl (C=O) groups excluding carboxylic acids is 2. The zero-order valence-electron chi connectivity index (χ0n) is 18.5. The molecule has 1 saturated heterocycles. The molecule has 0 aliphatic carbocycles. The van der Waals surface area contributed by atoms with E-state index >= 15 is 0 Å². The molecule has 1 aliphatic rings. The number of piperazine rings is 1. The third kappa shape index (κ3) is 5.91. The summed E-state index contributed by atoms with van der Waals surface area (Å²) < 4.78 is 7.05. The van der Waals surface area contributed by atoms with E-state index < -0.39 is 11.6 Å². The van der Waals surface area contributed by atoms with E-state index in [1.165, 1.54) is 0 Å². The smallest absolute Gasteiger partial charge is 0.410 e. The molecule has 0 bridgehead atoms. The number of amides is 2. The molecule has 2 rings (SSSR count). The van der Waals surface area contributed by atoms with Crippen LogP contribution in [-0.2, 0) is 9.53 Å². The Labute approximate surface area is 173 Å². The van der Waals surface area contributed by atoms with Crippen LogP contribution in [0.3, 0.4) is 0 Å². The van der Waals surface area contributed by atoms with Crippen LogP contribution in [0.2, 0.25) is 0 Å². The van der Waals surface area contributed by atoms with Crippen LogP contribution >= 0.6 is 0 Å². The molecule has 9 heteroatoms. The monoisotopic (exact) mass is 409 g/mol. The van der Waals surface area contributed by atoms with E-state index in [-0.39, 0.29) is 30.4 Å². The van der Waals surface area contributed by atoms with Crippen molar-refractivity contribution in [2.24, 2.45) is 5.92 Å². The molecule has 0 spiro atoms. The first-order valence-corrected chi connectivity index (χ1v) is 10.4. The third-order valence-corrected chi connectivity index (χ3v) is 5.27. The van der Waals surface area contributed by atoms with Crippen LogP contribution < -0.4 is 0 Å². The van der Waals surface area contributed by atoms with Crippen molar-refractivity contribution in [2.45, 2.75) is 65.5 Å². The number of hydrogen-bond acceptors (Lipinski definition) is 6. The molecular formula is C20H35N5O4. The second-order valence-electron chi connectivity index (χ2n) is 8.83. The zero-order chi connectivity index (χ0) is 21.8. The molecule has 0 unspecified atom stereocenters. The molecule has 1 fully saturated rings. The topological polar surface area (TPSA) is 101 Å². The molecule has 2 amide bonds. The lowest BCUT2D eigenvalue weighted by Gasteiger charge is -2.37. The van der Waals surface area contributed by atoms with Gasteiger partial charge in [0.15, 0.2) is 0 Å². The number of aromatic nitrogens is 3. The first kappa shape index (κ1) is 23.1. The Balaban J connectivity index is 2.07. The number of hydrogen-bond donors (Lipinski definition) is 1. The molecule has 1 aromatic rings. The Bertz CT molecular complexity index is 691. The SMILES string of the molecule is CC[C@H](C)[C@@H](C(=O)N1CCN(C(=O)OC(C)(C)C)CC1)n1cc([C@@H](C)CO)nn1. The van der Waals surface area contributed by atoms with Gasteiger partial charge in [-0.25, -0.2) is 9.48 Å². The molecule has 164 valence electrons. The maximum atomic E-state index is 13.3. The molecule has 2 heterocycles. The molecule has 0 aromatic carbocycles. The Morgan fingerprint density at radius 2 is 1.76 bits per heavy atom. The number of aliphatic hydroxyl groups is 1. The van der Waals surface area contributed by atoms with E-state index in [4.69, 9.17) is 4.74 Å². The van der Waals surface area contributed by atoms with Crippen molar-refractivity contribution in [2.75, 3.05) is 32.8 Å². The van der Waals surface area contributed by atoms with Crippen LogP contribution in [0.1, 0.15) is 65.6 Å². The number of carbonyl (C=O) groups is 2. The predicted molar refractivity (Wildman–Crippen MR) is 108 cm³/mol. The number of rotatable bonds is 6. The number of aliphatic hydroxyl groups excluding tert-OH is 1. The van der Waals surface area contributed by atoms with Crippen molar-refractivity contribution in [1.29, 1.82) is 0 Å². The lowest BCUT2D eigenvalue weighted by molar-refractivity contribution is -0.138. The highest BCUT2D eigenvalue weighted by atomic mass is 16.6. The lowest BCUT2D eigenvalue weighted by atomic mass is 9.97. The summed E-state index contributed by atoms with van der Waals surface area (Å²) >= 11 is 0. The highest BCUT2D eigenvalue weighted by Crippen LogP contribution is 2.25. The average molecular weight is 410 g/mol. The molecule has 1 aliphatic heterocycles. The maximum absolute atomic E-state index is 13.3. The first-order chi connectivity index (χ1) is 13.6. The van der Waals surface area contributed by atoms with Gasteiger partial charge >= 0.3 is 6.09 Å². The first-order valence-electron chi connectivity index (χ1n) is 10.4. The van der Waals surface area contributed by atoms with E-state index in [0.717, 1.165) is 6.42 Å². The summed E-state index contributed by atoms with van der Waals surface area (Å²) in [5.41, 5.74) is 0.130. The minimum atomic E-state index is -0.539. The van der Waals surface area contributed by atoms with Crippen molar-refractivity contribution in [3.8, 4) is 0 Å². The van der Waals surface area contributed by atoms with Gasteiger partial charge in [-0.2, -0.15) is 0 Å². The number of nitrogens with zero attached hydrogens (tertiary/aromatic N) is 5. The molecule has 1 aromatic heterocycles. The highest BCUT2D eigenvalue weighted by molar-refractivity contribution is 5.81. The summed E-state index contributed by atoms with van der Waals surface area (Å²) in [6.07, 6.45) is 2.23. The second-order valence-corrected chi connectivity index (χ2v) is 8.83. The van der Waals surface area contributed by atoms with Gasteiger partial charge in [0.1, 0.15) is 11.6 Å². The molecule has 29 heavy (non-hydrogen) atoms. The van der Waals surface area contributed by atoms with E-state index in [1.807, 2.05) is 41.5 Å². The van der Waals surface area contributed by atoms with E-state index in [0.29, 0.717) is 31.9 Å². The average Bonchev–Trinajstić information content (AvgIpc) is 3.15. The van der Waals surface area contributed by atoms with E-state index in [1.54, 1.807) is 20.7 Å². The van der Waals surface area contributed by atoms with Crippen LogP contribution in [-0.4, -0.2) is 80.3 Å². The summed E-state index contributed by atoms with van der Waals surface area (Å²) in [5.74, 6) is -0.0736. The highest BCUT2D eigenvalue weighted by Gasteiger charge is 2.34. The van der Waals surface area contributed by atoms with Crippen LogP contribution in [0.15, 0.2) is 6.20 Å². The molecule has 3 atom stereocenters. The van der Waals surface area contributed by atoms with E-state index in [9.17, 15) is 14.7 Å². The van der Waals surface area contributed by atoms with Crippen LogP contribution in [0, 0.1) is 5.92 Å². The Hall–Kier alpha value is -2.16. The number of ether oxygens (including phenoxy) is 1. The Morgan fingerprint density at radius 3 is 2.28 bits per heavy atom. The van der Waals surface area contributed by atoms with Gasteiger partial charge in [-0.15, -0.1) is 5.10 Å². The van der Waals surface area contributed by atoms with Crippen molar-refractivity contribution in [3.63, 3.8) is 0 Å². The minimum absolute atomic E-state index is 0.0173. The van der Waals surface area contributed by atoms with E-state index in [2.05, 4.69) is 10.3 Å². The maximum Gasteiger partial charge on any atom is 0.410 e. The predicted octanol–water partition coefficient (Wildman–Crippen LogP) is 2.04. The second kappa shape index (κ2) is 9.56. The van der Waals surface area contributed by atoms with Crippen LogP contribution in [0.5, 0.6) is 0 Å². The standard InChI is InChI=1S/C20H35N5O4/c1-7-14(2)17(25-12-16(21-22-25)15(3)13-26)18(27)23-8-10-24(11-9-23)19(28)29-20(4,5)6/h12,14-15,17,26H,7-11,13H2,1-6H3/t14-,15-,17-/m0/s1. The van der Waals surface area contributed by atoms with Crippen molar-refractivity contribution >= 4 is 12.0 Å². The zero-order valence-corrected chi connectivity index (χ0v) is 18.5.